The minimum atomic E-state index is -0.579. The molecule has 0 aliphatic rings. The van der Waals surface area contributed by atoms with E-state index in [0.717, 1.165) is 28.2 Å². The van der Waals surface area contributed by atoms with Crippen LogP contribution in [0.4, 0.5) is 0 Å². The number of carbonyl (C=O) groups is 1. The third-order valence-electron chi connectivity index (χ3n) is 4.44. The third kappa shape index (κ3) is 6.02. The van der Waals surface area contributed by atoms with E-state index in [1.54, 1.807) is 6.92 Å². The molecule has 1 N–H and O–H groups in total. The predicted molar refractivity (Wildman–Crippen MR) is 110 cm³/mol. The molecule has 0 spiro atoms. The number of carbonyl (C=O) groups excluding carboxylic acids is 1. The standard InChI is InChI=1S/C23H31NO3/c1-15(2)20-12-11-16(3)13-22(20)27-19(6)23(25)24-18(5)14-26-21-10-8-7-9-17(21)4/h7-13,15,18-19H,14H2,1-6H3,(H,24,25)/t18-,19-/m0/s1. The zero-order valence-electron chi connectivity index (χ0n) is 17.2. The molecule has 146 valence electrons. The van der Waals surface area contributed by atoms with Gasteiger partial charge in [0.1, 0.15) is 18.1 Å². The topological polar surface area (TPSA) is 47.6 Å². The summed E-state index contributed by atoms with van der Waals surface area (Å²) in [6.07, 6.45) is -0.579. The quantitative estimate of drug-likeness (QED) is 0.728. The first-order valence-corrected chi connectivity index (χ1v) is 9.54. The first-order valence-electron chi connectivity index (χ1n) is 9.54. The number of ether oxygens (including phenoxy) is 2. The molecule has 2 aromatic carbocycles. The normalized spacial score (nSPS) is 13.1. The van der Waals surface area contributed by atoms with Crippen LogP contribution in [0, 0.1) is 13.8 Å². The summed E-state index contributed by atoms with van der Waals surface area (Å²) in [4.78, 5) is 12.5. The van der Waals surface area contributed by atoms with Crippen LogP contribution < -0.4 is 14.8 Å². The first-order chi connectivity index (χ1) is 12.8. The molecular formula is C23H31NO3. The fraction of sp³-hybridized carbons (Fsp3) is 0.435. The van der Waals surface area contributed by atoms with Crippen LogP contribution in [0.25, 0.3) is 0 Å². The van der Waals surface area contributed by atoms with E-state index >= 15 is 0 Å². The van der Waals surface area contributed by atoms with Gasteiger partial charge in [-0.3, -0.25) is 4.79 Å². The van der Waals surface area contributed by atoms with E-state index in [1.807, 2.05) is 51.1 Å². The minimum absolute atomic E-state index is 0.120. The van der Waals surface area contributed by atoms with Crippen molar-refractivity contribution in [2.24, 2.45) is 0 Å². The lowest BCUT2D eigenvalue weighted by Crippen LogP contribution is -2.43. The number of hydrogen-bond donors (Lipinski definition) is 1. The number of hydrogen-bond acceptors (Lipinski definition) is 3. The Bertz CT molecular complexity index is 770. The predicted octanol–water partition coefficient (Wildman–Crippen LogP) is 4.78. The largest absolute Gasteiger partial charge is 0.491 e. The number of benzene rings is 2. The molecule has 27 heavy (non-hydrogen) atoms. The molecule has 0 aromatic heterocycles. The van der Waals surface area contributed by atoms with Gasteiger partial charge >= 0.3 is 0 Å². The van der Waals surface area contributed by atoms with Crippen molar-refractivity contribution in [1.82, 2.24) is 5.32 Å². The highest BCUT2D eigenvalue weighted by molar-refractivity contribution is 5.81. The van der Waals surface area contributed by atoms with Crippen molar-refractivity contribution in [1.29, 1.82) is 0 Å². The molecule has 4 heteroatoms. The van der Waals surface area contributed by atoms with Crippen LogP contribution in [0.2, 0.25) is 0 Å². The Balaban J connectivity index is 1.92. The van der Waals surface area contributed by atoms with E-state index in [4.69, 9.17) is 9.47 Å². The summed E-state index contributed by atoms with van der Waals surface area (Å²) < 4.78 is 11.8. The van der Waals surface area contributed by atoms with Gasteiger partial charge in [-0.2, -0.15) is 0 Å². The zero-order valence-corrected chi connectivity index (χ0v) is 17.2. The second kappa shape index (κ2) is 9.45. The Morgan fingerprint density at radius 2 is 1.70 bits per heavy atom. The molecule has 0 radical (unpaired) electrons. The van der Waals surface area contributed by atoms with Gasteiger partial charge in [0.05, 0.1) is 6.04 Å². The van der Waals surface area contributed by atoms with Crippen LogP contribution in [-0.2, 0) is 4.79 Å². The van der Waals surface area contributed by atoms with Gasteiger partial charge < -0.3 is 14.8 Å². The SMILES string of the molecule is Cc1ccc(C(C)C)c(O[C@@H](C)C(=O)N[C@@H](C)COc2ccccc2C)c1. The summed E-state index contributed by atoms with van der Waals surface area (Å²) in [7, 11) is 0. The molecule has 0 aliphatic carbocycles. The van der Waals surface area contributed by atoms with Gasteiger partial charge in [0.25, 0.3) is 5.91 Å². The van der Waals surface area contributed by atoms with Crippen molar-refractivity contribution in [3.8, 4) is 11.5 Å². The summed E-state index contributed by atoms with van der Waals surface area (Å²) in [6.45, 7) is 12.4. The lowest BCUT2D eigenvalue weighted by molar-refractivity contribution is -0.128. The van der Waals surface area contributed by atoms with E-state index in [0.29, 0.717) is 12.5 Å². The van der Waals surface area contributed by atoms with E-state index in [9.17, 15) is 4.79 Å². The van der Waals surface area contributed by atoms with Crippen molar-refractivity contribution in [3.63, 3.8) is 0 Å². The van der Waals surface area contributed by atoms with Gasteiger partial charge in [0.15, 0.2) is 6.10 Å². The molecular weight excluding hydrogens is 338 g/mol. The number of rotatable bonds is 8. The van der Waals surface area contributed by atoms with Crippen LogP contribution in [0.1, 0.15) is 50.3 Å². The highest BCUT2D eigenvalue weighted by Gasteiger charge is 2.19. The molecule has 1 amide bonds. The Morgan fingerprint density at radius 1 is 1.00 bits per heavy atom. The average Bonchev–Trinajstić information content (AvgIpc) is 2.60. The van der Waals surface area contributed by atoms with Gasteiger partial charge in [-0.1, -0.05) is 44.2 Å². The van der Waals surface area contributed by atoms with E-state index < -0.39 is 6.10 Å². The highest BCUT2D eigenvalue weighted by Crippen LogP contribution is 2.28. The lowest BCUT2D eigenvalue weighted by Gasteiger charge is -2.21. The maximum Gasteiger partial charge on any atom is 0.261 e. The molecule has 0 saturated carbocycles. The zero-order chi connectivity index (χ0) is 20.0. The molecule has 0 unspecified atom stereocenters. The highest BCUT2D eigenvalue weighted by atomic mass is 16.5. The van der Waals surface area contributed by atoms with Gasteiger partial charge in [0.2, 0.25) is 0 Å². The second-order valence-electron chi connectivity index (χ2n) is 7.44. The summed E-state index contributed by atoms with van der Waals surface area (Å²) in [5.74, 6) is 1.80. The molecule has 0 saturated heterocycles. The summed E-state index contributed by atoms with van der Waals surface area (Å²) in [6, 6.07) is 13.9. The Hall–Kier alpha value is -2.49. The van der Waals surface area contributed by atoms with Crippen LogP contribution in [0.3, 0.4) is 0 Å². The van der Waals surface area contributed by atoms with E-state index in [2.05, 4.69) is 31.3 Å². The van der Waals surface area contributed by atoms with Crippen LogP contribution in [-0.4, -0.2) is 24.7 Å². The number of amides is 1. The summed E-state index contributed by atoms with van der Waals surface area (Å²) in [5, 5.41) is 2.96. The smallest absolute Gasteiger partial charge is 0.261 e. The first kappa shape index (κ1) is 20.8. The van der Waals surface area contributed by atoms with Gasteiger partial charge in [-0.25, -0.2) is 0 Å². The van der Waals surface area contributed by atoms with Gasteiger partial charge in [-0.05, 0) is 62.4 Å². The molecule has 0 fully saturated rings. The van der Waals surface area contributed by atoms with Crippen LogP contribution in [0.5, 0.6) is 11.5 Å². The molecule has 4 nitrogen and oxygen atoms in total. The summed E-state index contributed by atoms with van der Waals surface area (Å²) in [5.41, 5.74) is 3.30. The second-order valence-corrected chi connectivity index (χ2v) is 7.44. The third-order valence-corrected chi connectivity index (χ3v) is 4.44. The number of aryl methyl sites for hydroxylation is 2. The molecule has 2 rings (SSSR count). The van der Waals surface area contributed by atoms with E-state index in [1.165, 1.54) is 0 Å². The van der Waals surface area contributed by atoms with Crippen molar-refractivity contribution in [2.75, 3.05) is 6.61 Å². The Morgan fingerprint density at radius 3 is 2.37 bits per heavy atom. The summed E-state index contributed by atoms with van der Waals surface area (Å²) >= 11 is 0. The van der Waals surface area contributed by atoms with Gasteiger partial charge in [-0.15, -0.1) is 0 Å². The Kier molecular flexibility index (Phi) is 7.28. The number of para-hydroxylation sites is 1. The molecule has 0 heterocycles. The maximum atomic E-state index is 12.5. The number of nitrogens with one attached hydrogen (secondary N) is 1. The van der Waals surface area contributed by atoms with Crippen LogP contribution in [0.15, 0.2) is 42.5 Å². The Labute approximate surface area is 162 Å². The van der Waals surface area contributed by atoms with Crippen molar-refractivity contribution < 1.29 is 14.3 Å². The minimum Gasteiger partial charge on any atom is -0.491 e. The fourth-order valence-electron chi connectivity index (χ4n) is 2.80. The van der Waals surface area contributed by atoms with Crippen molar-refractivity contribution in [3.05, 3.63) is 59.2 Å². The molecule has 0 aliphatic heterocycles. The molecule has 2 atom stereocenters. The van der Waals surface area contributed by atoms with Crippen molar-refractivity contribution >= 4 is 5.91 Å². The van der Waals surface area contributed by atoms with Gasteiger partial charge in [0, 0.05) is 0 Å². The lowest BCUT2D eigenvalue weighted by atomic mass is 10.0. The average molecular weight is 370 g/mol. The molecule has 0 bridgehead atoms. The van der Waals surface area contributed by atoms with Crippen molar-refractivity contribution in [2.45, 2.75) is 59.6 Å². The van der Waals surface area contributed by atoms with E-state index in [-0.39, 0.29) is 11.9 Å². The fourth-order valence-corrected chi connectivity index (χ4v) is 2.80. The van der Waals surface area contributed by atoms with Crippen LogP contribution >= 0.6 is 0 Å². The maximum absolute atomic E-state index is 12.5. The monoisotopic (exact) mass is 369 g/mol. The molecule has 2 aromatic rings.